The predicted octanol–water partition coefficient (Wildman–Crippen LogP) is 7.09. The number of amides is 2. The van der Waals surface area contributed by atoms with Crippen molar-refractivity contribution in [2.75, 3.05) is 26.7 Å². The van der Waals surface area contributed by atoms with Crippen LogP contribution >= 0.6 is 11.6 Å². The lowest BCUT2D eigenvalue weighted by Crippen LogP contribution is -2.50. The van der Waals surface area contributed by atoms with Crippen molar-refractivity contribution in [1.82, 2.24) is 9.80 Å². The lowest BCUT2D eigenvalue weighted by Gasteiger charge is -2.42. The van der Waals surface area contributed by atoms with Crippen molar-refractivity contribution in [2.45, 2.75) is 25.8 Å². The Labute approximate surface area is 244 Å². The van der Waals surface area contributed by atoms with Crippen LogP contribution in [-0.4, -0.2) is 48.4 Å². The van der Waals surface area contributed by atoms with E-state index in [1.807, 2.05) is 30.3 Å². The van der Waals surface area contributed by atoms with Gasteiger partial charge in [0.15, 0.2) is 5.76 Å². The fourth-order valence-corrected chi connectivity index (χ4v) is 5.40. The molecule has 2 heterocycles. The van der Waals surface area contributed by atoms with Gasteiger partial charge in [0.2, 0.25) is 5.91 Å². The van der Waals surface area contributed by atoms with Gasteiger partial charge < -0.3 is 19.0 Å². The Hall–Kier alpha value is -4.10. The molecule has 3 aromatic carbocycles. The molecule has 1 aliphatic rings. The summed E-state index contributed by atoms with van der Waals surface area (Å²) in [6.07, 6.45) is 1.63. The molecule has 1 atom stereocenters. The van der Waals surface area contributed by atoms with Gasteiger partial charge in [-0.2, -0.15) is 0 Å². The average molecular weight is 575 g/mol. The molecule has 0 radical (unpaired) electrons. The van der Waals surface area contributed by atoms with E-state index in [2.05, 4.69) is 0 Å². The molecule has 8 heteroatoms. The molecule has 4 aromatic rings. The number of hydrogen-bond acceptors (Lipinski definition) is 4. The highest BCUT2D eigenvalue weighted by molar-refractivity contribution is 6.30. The van der Waals surface area contributed by atoms with E-state index in [1.54, 1.807) is 71.4 Å². The van der Waals surface area contributed by atoms with E-state index in [1.165, 1.54) is 6.07 Å². The van der Waals surface area contributed by atoms with Gasteiger partial charge in [0, 0.05) is 43.5 Å². The van der Waals surface area contributed by atoms with Crippen LogP contribution in [0.3, 0.4) is 0 Å². The van der Waals surface area contributed by atoms with Crippen LogP contribution in [0.2, 0.25) is 5.02 Å². The maximum atomic E-state index is 14.3. The number of nitrogens with zero attached hydrogens (tertiary/aromatic N) is 2. The Morgan fingerprint density at radius 1 is 1.00 bits per heavy atom. The first-order valence-electron chi connectivity index (χ1n) is 13.6. The Morgan fingerprint density at radius 3 is 2.49 bits per heavy atom. The minimum Gasteiger partial charge on any atom is -0.493 e. The van der Waals surface area contributed by atoms with Gasteiger partial charge in [-0.1, -0.05) is 54.1 Å². The number of carbonyl (C=O) groups excluding carboxylic acids is 2. The number of benzene rings is 3. The summed E-state index contributed by atoms with van der Waals surface area (Å²) in [6.45, 7) is 1.58. The van der Waals surface area contributed by atoms with Gasteiger partial charge in [0.05, 0.1) is 12.2 Å². The van der Waals surface area contributed by atoms with Crippen LogP contribution in [-0.2, 0) is 11.3 Å². The molecule has 1 aromatic heterocycles. The molecule has 6 nitrogen and oxygen atoms in total. The van der Waals surface area contributed by atoms with Crippen LogP contribution in [0.25, 0.3) is 11.3 Å². The molecule has 0 aliphatic carbocycles. The zero-order valence-corrected chi connectivity index (χ0v) is 23.6. The molecule has 41 heavy (non-hydrogen) atoms. The van der Waals surface area contributed by atoms with E-state index in [-0.39, 0.29) is 30.6 Å². The Balaban J connectivity index is 1.34. The van der Waals surface area contributed by atoms with Crippen molar-refractivity contribution in [3.63, 3.8) is 0 Å². The smallest absolute Gasteiger partial charge is 0.289 e. The van der Waals surface area contributed by atoms with Crippen molar-refractivity contribution in [3.8, 4) is 17.1 Å². The van der Waals surface area contributed by atoms with Gasteiger partial charge in [0.25, 0.3) is 5.91 Å². The summed E-state index contributed by atoms with van der Waals surface area (Å²) in [5.74, 6) is 0.317. The molecule has 5 rings (SSSR count). The monoisotopic (exact) mass is 574 g/mol. The Morgan fingerprint density at radius 2 is 1.73 bits per heavy atom. The van der Waals surface area contributed by atoms with Crippen LogP contribution in [0.1, 0.15) is 35.4 Å². The normalized spacial score (nSPS) is 16.8. The van der Waals surface area contributed by atoms with Crippen LogP contribution < -0.4 is 4.74 Å². The number of halogens is 2. The maximum absolute atomic E-state index is 14.3. The third-order valence-electron chi connectivity index (χ3n) is 7.48. The molecule has 1 saturated heterocycles. The van der Waals surface area contributed by atoms with Crippen molar-refractivity contribution in [1.29, 1.82) is 0 Å². The lowest BCUT2D eigenvalue weighted by molar-refractivity contribution is -0.134. The fourth-order valence-electron chi connectivity index (χ4n) is 5.28. The molecule has 1 aliphatic heterocycles. The molecule has 0 spiro atoms. The summed E-state index contributed by atoms with van der Waals surface area (Å²) in [5.41, 5.74) is 0.720. The minimum atomic E-state index is -0.615. The molecule has 0 bridgehead atoms. The van der Waals surface area contributed by atoms with Crippen LogP contribution in [0.4, 0.5) is 4.39 Å². The second-order valence-electron chi connectivity index (χ2n) is 10.6. The number of rotatable bonds is 9. The second kappa shape index (κ2) is 12.6. The largest absolute Gasteiger partial charge is 0.493 e. The minimum absolute atomic E-state index is 0.0253. The molecule has 0 saturated carbocycles. The summed E-state index contributed by atoms with van der Waals surface area (Å²) in [7, 11) is 1.79. The third-order valence-corrected chi connectivity index (χ3v) is 7.73. The van der Waals surface area contributed by atoms with E-state index in [9.17, 15) is 14.0 Å². The zero-order chi connectivity index (χ0) is 28.8. The van der Waals surface area contributed by atoms with E-state index in [4.69, 9.17) is 20.8 Å². The van der Waals surface area contributed by atoms with E-state index in [0.29, 0.717) is 54.6 Å². The number of ether oxygens (including phenoxy) is 1. The summed E-state index contributed by atoms with van der Waals surface area (Å²) >= 11 is 6.04. The third kappa shape index (κ3) is 6.98. The van der Waals surface area contributed by atoms with Crippen molar-refractivity contribution in [2.24, 2.45) is 5.41 Å². The summed E-state index contributed by atoms with van der Waals surface area (Å²) < 4.78 is 26.3. The highest BCUT2D eigenvalue weighted by Crippen LogP contribution is 2.36. The van der Waals surface area contributed by atoms with E-state index >= 15 is 0 Å². The number of piperidine rings is 1. The zero-order valence-electron chi connectivity index (χ0n) is 22.9. The highest BCUT2D eigenvalue weighted by atomic mass is 35.5. The first-order valence-corrected chi connectivity index (χ1v) is 14.0. The van der Waals surface area contributed by atoms with E-state index < -0.39 is 11.2 Å². The van der Waals surface area contributed by atoms with Crippen molar-refractivity contribution in [3.05, 3.63) is 113 Å². The molecule has 0 N–H and O–H groups in total. The molecule has 1 unspecified atom stereocenters. The van der Waals surface area contributed by atoms with Crippen LogP contribution in [0.15, 0.2) is 95.4 Å². The average Bonchev–Trinajstić information content (AvgIpc) is 3.47. The molecular weight excluding hydrogens is 543 g/mol. The van der Waals surface area contributed by atoms with Gasteiger partial charge in [-0.15, -0.1) is 0 Å². The summed E-state index contributed by atoms with van der Waals surface area (Å²) in [6, 6.07) is 26.4. The fraction of sp³-hybridized carbons (Fsp3) is 0.273. The SMILES string of the molecule is CN(Cc1ccccc1)C(=O)CC1(COc2ccc(Cl)cc2)CCCN(C(=O)c2ccc(-c3ccccc3F)o2)C1. The van der Waals surface area contributed by atoms with Crippen LogP contribution in [0, 0.1) is 11.2 Å². The second-order valence-corrected chi connectivity index (χ2v) is 11.1. The van der Waals surface area contributed by atoms with Gasteiger partial charge in [-0.3, -0.25) is 9.59 Å². The molecule has 212 valence electrons. The van der Waals surface area contributed by atoms with Gasteiger partial charge in [0.1, 0.15) is 17.3 Å². The van der Waals surface area contributed by atoms with Crippen molar-refractivity contribution < 1.29 is 23.1 Å². The lowest BCUT2D eigenvalue weighted by atomic mass is 9.77. The number of furan rings is 1. The first-order chi connectivity index (χ1) is 19.8. The first kappa shape index (κ1) is 28.4. The Kier molecular flexibility index (Phi) is 8.74. The van der Waals surface area contributed by atoms with Crippen LogP contribution in [0.5, 0.6) is 5.75 Å². The molecule has 2 amide bonds. The van der Waals surface area contributed by atoms with E-state index in [0.717, 1.165) is 5.56 Å². The van der Waals surface area contributed by atoms with Gasteiger partial charge in [-0.25, -0.2) is 4.39 Å². The topological polar surface area (TPSA) is 63.0 Å². The number of likely N-dealkylation sites (tertiary alicyclic amines) is 1. The maximum Gasteiger partial charge on any atom is 0.289 e. The van der Waals surface area contributed by atoms with Gasteiger partial charge >= 0.3 is 0 Å². The summed E-state index contributed by atoms with van der Waals surface area (Å²) in [4.78, 5) is 30.5. The summed E-state index contributed by atoms with van der Waals surface area (Å²) in [5, 5.41) is 0.604. The molecule has 1 fully saturated rings. The number of carbonyl (C=O) groups is 2. The quantitative estimate of drug-likeness (QED) is 0.214. The predicted molar refractivity (Wildman–Crippen MR) is 156 cm³/mol. The standard InChI is InChI=1S/C33H32ClFN2O4/c1-36(21-24-8-3-2-4-9-24)31(38)20-33(23-40-26-14-12-25(34)13-15-26)18-7-19-37(22-33)32(39)30-17-16-29(41-30)27-10-5-6-11-28(27)35/h2-6,8-17H,7,18-23H2,1H3. The van der Waals surface area contributed by atoms with Gasteiger partial charge in [-0.05, 0) is 66.9 Å². The number of hydrogen-bond donors (Lipinski definition) is 0. The molecular formula is C33H32ClFN2O4. The van der Waals surface area contributed by atoms with Crippen molar-refractivity contribution >= 4 is 23.4 Å². The highest BCUT2D eigenvalue weighted by Gasteiger charge is 2.41. The Bertz CT molecular complexity index is 1490.